The molecular formula is C17H28F2IN5O2S. The first kappa shape index (κ1) is 24.8. The summed E-state index contributed by atoms with van der Waals surface area (Å²) >= 11 is 0. The minimum absolute atomic E-state index is 0. The first-order valence-corrected chi connectivity index (χ1v) is 10.5. The number of nitrogens with one attached hydrogen (secondary N) is 3. The van der Waals surface area contributed by atoms with E-state index in [-0.39, 0.29) is 35.7 Å². The molecule has 1 aromatic rings. The Morgan fingerprint density at radius 3 is 2.46 bits per heavy atom. The van der Waals surface area contributed by atoms with E-state index in [1.54, 1.807) is 25.8 Å². The van der Waals surface area contributed by atoms with Gasteiger partial charge in [0.25, 0.3) is 0 Å². The van der Waals surface area contributed by atoms with Gasteiger partial charge >= 0.3 is 0 Å². The van der Waals surface area contributed by atoms with Crippen molar-refractivity contribution in [1.82, 2.24) is 15.4 Å². The number of sulfonamides is 1. The quantitative estimate of drug-likeness (QED) is 0.296. The molecule has 1 saturated heterocycles. The van der Waals surface area contributed by atoms with E-state index in [4.69, 9.17) is 0 Å². The van der Waals surface area contributed by atoms with Gasteiger partial charge in [-0.15, -0.1) is 24.0 Å². The van der Waals surface area contributed by atoms with Gasteiger partial charge in [-0.1, -0.05) is 6.07 Å². The Morgan fingerprint density at radius 1 is 1.32 bits per heavy atom. The van der Waals surface area contributed by atoms with Gasteiger partial charge in [-0.25, -0.2) is 21.9 Å². The van der Waals surface area contributed by atoms with Crippen LogP contribution in [0.1, 0.15) is 20.3 Å². The largest absolute Gasteiger partial charge is 0.365 e. The summed E-state index contributed by atoms with van der Waals surface area (Å²) in [6, 6.07) is 3.80. The van der Waals surface area contributed by atoms with Gasteiger partial charge < -0.3 is 15.5 Å². The summed E-state index contributed by atoms with van der Waals surface area (Å²) in [7, 11) is -1.73. The van der Waals surface area contributed by atoms with Gasteiger partial charge in [-0.3, -0.25) is 4.99 Å². The Morgan fingerprint density at radius 2 is 1.93 bits per heavy atom. The number of hydrogen-bond acceptors (Lipinski definition) is 4. The Kier molecular flexibility index (Phi) is 8.88. The van der Waals surface area contributed by atoms with E-state index < -0.39 is 27.2 Å². The van der Waals surface area contributed by atoms with Crippen molar-refractivity contribution in [2.24, 2.45) is 4.99 Å². The first-order valence-electron chi connectivity index (χ1n) is 8.66. The molecule has 1 aromatic carbocycles. The van der Waals surface area contributed by atoms with Crippen molar-refractivity contribution in [2.45, 2.75) is 31.8 Å². The van der Waals surface area contributed by atoms with Gasteiger partial charge in [0, 0.05) is 38.3 Å². The highest BCUT2D eigenvalue weighted by Crippen LogP contribution is 2.26. The molecule has 0 spiro atoms. The fraction of sp³-hybridized carbons (Fsp3) is 0.588. The molecule has 2 rings (SSSR count). The number of anilines is 1. The van der Waals surface area contributed by atoms with Crippen LogP contribution in [0.4, 0.5) is 14.5 Å². The maximum atomic E-state index is 14.0. The highest BCUT2D eigenvalue weighted by atomic mass is 127. The fourth-order valence-corrected chi connectivity index (χ4v) is 4.18. The highest BCUT2D eigenvalue weighted by Gasteiger charge is 2.28. The minimum atomic E-state index is -3.33. The number of halogens is 3. The van der Waals surface area contributed by atoms with Crippen LogP contribution in [-0.4, -0.2) is 58.9 Å². The Bertz CT molecular complexity index is 784. The molecule has 1 atom stereocenters. The molecule has 0 bridgehead atoms. The molecule has 0 aromatic heterocycles. The summed E-state index contributed by atoms with van der Waals surface area (Å²) < 4.78 is 53.3. The molecule has 0 saturated carbocycles. The van der Waals surface area contributed by atoms with Crippen LogP contribution in [0, 0.1) is 11.6 Å². The van der Waals surface area contributed by atoms with Crippen molar-refractivity contribution < 1.29 is 17.2 Å². The number of aliphatic imine (C=N–C) groups is 1. The summed E-state index contributed by atoms with van der Waals surface area (Å²) in [4.78, 5) is 5.81. The monoisotopic (exact) mass is 531 g/mol. The summed E-state index contributed by atoms with van der Waals surface area (Å²) in [6.45, 7) is 4.79. The van der Waals surface area contributed by atoms with Crippen molar-refractivity contribution >= 4 is 45.6 Å². The summed E-state index contributed by atoms with van der Waals surface area (Å²) in [5, 5.41) is 6.30. The average molecular weight is 531 g/mol. The molecule has 0 amide bonds. The van der Waals surface area contributed by atoms with Gasteiger partial charge in [0.2, 0.25) is 10.0 Å². The molecule has 1 aliphatic heterocycles. The van der Waals surface area contributed by atoms with Crippen molar-refractivity contribution in [3.05, 3.63) is 29.8 Å². The molecule has 3 N–H and O–H groups in total. The van der Waals surface area contributed by atoms with Crippen LogP contribution in [0.5, 0.6) is 0 Å². The van der Waals surface area contributed by atoms with E-state index in [1.165, 1.54) is 18.2 Å². The van der Waals surface area contributed by atoms with Gasteiger partial charge in [0.05, 0.1) is 6.26 Å². The Hall–Kier alpha value is -1.21. The third kappa shape index (κ3) is 7.32. The maximum Gasteiger partial charge on any atom is 0.209 e. The Labute approximate surface area is 182 Å². The van der Waals surface area contributed by atoms with E-state index in [2.05, 4.69) is 20.3 Å². The SMILES string of the molecule is CN=C(NCC(C)(C)NS(C)(=O)=O)NC1CCN(c2c(F)cccc2F)C1.I. The molecule has 28 heavy (non-hydrogen) atoms. The number of benzene rings is 1. The number of para-hydroxylation sites is 1. The number of nitrogens with zero attached hydrogens (tertiary/aromatic N) is 2. The van der Waals surface area contributed by atoms with Crippen LogP contribution in [0.2, 0.25) is 0 Å². The van der Waals surface area contributed by atoms with E-state index in [1.807, 2.05) is 0 Å². The predicted octanol–water partition coefficient (Wildman–Crippen LogP) is 1.65. The fourth-order valence-electron chi connectivity index (χ4n) is 3.10. The van der Waals surface area contributed by atoms with Crippen molar-refractivity contribution in [3.63, 3.8) is 0 Å². The van der Waals surface area contributed by atoms with Crippen LogP contribution in [-0.2, 0) is 10.0 Å². The zero-order chi connectivity index (χ0) is 20.2. The summed E-state index contributed by atoms with van der Waals surface area (Å²) in [6.07, 6.45) is 1.80. The second-order valence-corrected chi connectivity index (χ2v) is 9.08. The molecule has 11 heteroatoms. The van der Waals surface area contributed by atoms with Gasteiger partial charge in [-0.2, -0.15) is 0 Å². The molecular weight excluding hydrogens is 503 g/mol. The topological polar surface area (TPSA) is 85.8 Å². The van der Waals surface area contributed by atoms with Crippen LogP contribution >= 0.6 is 24.0 Å². The first-order chi connectivity index (χ1) is 12.5. The highest BCUT2D eigenvalue weighted by molar-refractivity contribution is 14.0. The molecule has 0 radical (unpaired) electrons. The van der Waals surface area contributed by atoms with E-state index in [9.17, 15) is 17.2 Å². The number of hydrogen-bond donors (Lipinski definition) is 3. The molecule has 0 aliphatic carbocycles. The Balaban J connectivity index is 0.00000392. The van der Waals surface area contributed by atoms with Crippen LogP contribution < -0.4 is 20.3 Å². The van der Waals surface area contributed by atoms with Gasteiger partial charge in [-0.05, 0) is 32.4 Å². The van der Waals surface area contributed by atoms with E-state index in [0.717, 1.165) is 6.26 Å². The average Bonchev–Trinajstić information content (AvgIpc) is 2.97. The van der Waals surface area contributed by atoms with Crippen molar-refractivity contribution in [3.8, 4) is 0 Å². The second-order valence-electron chi connectivity index (χ2n) is 7.33. The lowest BCUT2D eigenvalue weighted by atomic mass is 10.1. The minimum Gasteiger partial charge on any atom is -0.365 e. The third-order valence-electron chi connectivity index (χ3n) is 4.17. The lowest BCUT2D eigenvalue weighted by molar-refractivity contribution is 0.445. The van der Waals surface area contributed by atoms with Crippen molar-refractivity contribution in [2.75, 3.05) is 37.8 Å². The zero-order valence-electron chi connectivity index (χ0n) is 16.4. The normalized spacial score (nSPS) is 18.0. The van der Waals surface area contributed by atoms with Gasteiger partial charge in [0.15, 0.2) is 5.96 Å². The molecule has 7 nitrogen and oxygen atoms in total. The molecule has 1 aliphatic rings. The van der Waals surface area contributed by atoms with Crippen LogP contribution in [0.25, 0.3) is 0 Å². The van der Waals surface area contributed by atoms with Crippen LogP contribution in [0.3, 0.4) is 0 Å². The van der Waals surface area contributed by atoms with E-state index >= 15 is 0 Å². The summed E-state index contributed by atoms with van der Waals surface area (Å²) in [5.74, 6) is -0.655. The maximum absolute atomic E-state index is 14.0. The smallest absolute Gasteiger partial charge is 0.209 e. The summed E-state index contributed by atoms with van der Waals surface area (Å²) in [5.41, 5.74) is -0.716. The van der Waals surface area contributed by atoms with Crippen molar-refractivity contribution in [1.29, 1.82) is 0 Å². The molecule has 1 unspecified atom stereocenters. The third-order valence-corrected chi connectivity index (χ3v) is 5.09. The predicted molar refractivity (Wildman–Crippen MR) is 119 cm³/mol. The second kappa shape index (κ2) is 10.0. The molecule has 1 heterocycles. The number of guanidine groups is 1. The standard InChI is InChI=1S/C17H27F2N5O2S.HI/c1-17(2,23-27(4,25)26)11-21-16(20-3)22-12-8-9-24(10-12)15-13(18)6-5-7-14(15)19;/h5-7,12,23H,8-11H2,1-4H3,(H2,20,21,22);1H. The molecule has 160 valence electrons. The molecule has 1 fully saturated rings. The lowest BCUT2D eigenvalue weighted by Crippen LogP contribution is -2.54. The van der Waals surface area contributed by atoms with Crippen LogP contribution in [0.15, 0.2) is 23.2 Å². The lowest BCUT2D eigenvalue weighted by Gasteiger charge is -2.27. The number of rotatable bonds is 6. The van der Waals surface area contributed by atoms with Gasteiger partial charge in [0.1, 0.15) is 17.3 Å². The van der Waals surface area contributed by atoms with E-state index in [0.29, 0.717) is 32.0 Å². The zero-order valence-corrected chi connectivity index (χ0v) is 19.6.